The minimum absolute atomic E-state index is 0.628. The Morgan fingerprint density at radius 2 is 1.33 bits per heavy atom. The molecule has 0 radical (unpaired) electrons. The fourth-order valence-electron chi connectivity index (χ4n) is 4.41. The van der Waals surface area contributed by atoms with Crippen molar-refractivity contribution < 1.29 is 14.6 Å². The maximum absolute atomic E-state index is 12.6. The normalized spacial score (nSPS) is 12.6. The monoisotopic (exact) mass is 458 g/mol. The van der Waals surface area contributed by atoms with E-state index in [1.807, 2.05) is 88.4 Å². The molecule has 0 aliphatic carbocycles. The highest BCUT2D eigenvalue weighted by atomic mass is 35.5. The van der Waals surface area contributed by atoms with E-state index < -0.39 is 17.7 Å². The summed E-state index contributed by atoms with van der Waals surface area (Å²) in [7, 11) is 0. The molecule has 0 aliphatic rings. The third kappa shape index (κ3) is 4.66. The van der Waals surface area contributed by atoms with E-state index in [4.69, 9.17) is 16.3 Å². The topological polar surface area (TPSA) is 46.5 Å². The summed E-state index contributed by atoms with van der Waals surface area (Å²) in [5.74, 6) is -1.02. The van der Waals surface area contributed by atoms with Crippen molar-refractivity contribution in [3.63, 3.8) is 0 Å². The van der Waals surface area contributed by atoms with Gasteiger partial charge in [-0.15, -0.1) is 0 Å². The highest BCUT2D eigenvalue weighted by molar-refractivity contribution is 6.30. The Morgan fingerprint density at radius 1 is 0.818 bits per heavy atom. The smallest absolute Gasteiger partial charge is 0.337 e. The molecule has 0 fully saturated rings. The lowest BCUT2D eigenvalue weighted by Crippen LogP contribution is -2.28. The van der Waals surface area contributed by atoms with Crippen LogP contribution in [0.2, 0.25) is 5.02 Å². The van der Waals surface area contributed by atoms with Crippen LogP contribution in [0.3, 0.4) is 0 Å². The molecule has 4 aromatic carbocycles. The predicted octanol–water partition coefficient (Wildman–Crippen LogP) is 8.08. The Morgan fingerprint density at radius 3 is 1.88 bits per heavy atom. The Balaban J connectivity index is 2.17. The minimum Gasteiger partial charge on any atom is -0.479 e. The predicted molar refractivity (Wildman–Crippen MR) is 136 cm³/mol. The third-order valence-electron chi connectivity index (χ3n) is 5.67. The Hall–Kier alpha value is -3.14. The molecule has 0 heterocycles. The van der Waals surface area contributed by atoms with Gasteiger partial charge in [0.15, 0.2) is 6.10 Å². The summed E-state index contributed by atoms with van der Waals surface area (Å²) < 4.78 is 6.17. The van der Waals surface area contributed by atoms with Gasteiger partial charge in [-0.3, -0.25) is 0 Å². The third-order valence-corrected chi connectivity index (χ3v) is 5.92. The van der Waals surface area contributed by atoms with E-state index in [2.05, 4.69) is 18.2 Å². The van der Waals surface area contributed by atoms with Crippen molar-refractivity contribution in [2.24, 2.45) is 0 Å². The number of hydrogen-bond donors (Lipinski definition) is 1. The maximum atomic E-state index is 12.6. The Bertz CT molecular complexity index is 1300. The number of carboxylic acid groups (broad SMARTS) is 1. The van der Waals surface area contributed by atoms with Crippen molar-refractivity contribution in [2.75, 3.05) is 0 Å². The number of rotatable bonds is 5. The standard InChI is InChI=1S/C29H27ClO3/c1-18-24(19-10-6-5-7-11-19)22-12-8-9-13-23(22)26(20-14-16-21(30)17-15-20)25(18)27(28(31)32)33-29(2,3)4/h5-17,27H,1-4H3,(H,31,32). The highest BCUT2D eigenvalue weighted by Gasteiger charge is 2.33. The van der Waals surface area contributed by atoms with Crippen molar-refractivity contribution >= 4 is 28.3 Å². The summed E-state index contributed by atoms with van der Waals surface area (Å²) in [5, 5.41) is 13.0. The molecule has 4 aromatic rings. The summed E-state index contributed by atoms with van der Waals surface area (Å²) >= 11 is 6.18. The largest absolute Gasteiger partial charge is 0.479 e. The molecular weight excluding hydrogens is 432 g/mol. The molecule has 0 spiro atoms. The quantitative estimate of drug-likeness (QED) is 0.328. The summed E-state index contributed by atoms with van der Waals surface area (Å²) in [6, 6.07) is 25.7. The fourth-order valence-corrected chi connectivity index (χ4v) is 4.53. The second kappa shape index (κ2) is 9.01. The van der Waals surface area contributed by atoms with E-state index in [1.54, 1.807) is 0 Å². The van der Waals surface area contributed by atoms with Gasteiger partial charge >= 0.3 is 5.97 Å². The van der Waals surface area contributed by atoms with Crippen molar-refractivity contribution in [3.05, 3.63) is 95.0 Å². The second-order valence-electron chi connectivity index (χ2n) is 9.16. The first-order valence-corrected chi connectivity index (χ1v) is 11.3. The van der Waals surface area contributed by atoms with Crippen molar-refractivity contribution in [3.8, 4) is 22.3 Å². The number of halogens is 1. The van der Waals surface area contributed by atoms with Crippen molar-refractivity contribution in [1.82, 2.24) is 0 Å². The van der Waals surface area contributed by atoms with Crippen LogP contribution in [0.5, 0.6) is 0 Å². The first-order chi connectivity index (χ1) is 15.7. The van der Waals surface area contributed by atoms with E-state index in [0.29, 0.717) is 10.6 Å². The van der Waals surface area contributed by atoms with Crippen LogP contribution in [0.25, 0.3) is 33.0 Å². The second-order valence-corrected chi connectivity index (χ2v) is 9.59. The van der Waals surface area contributed by atoms with Gasteiger partial charge < -0.3 is 9.84 Å². The molecule has 0 saturated heterocycles. The average Bonchev–Trinajstić information content (AvgIpc) is 2.77. The van der Waals surface area contributed by atoms with Crippen molar-refractivity contribution in [2.45, 2.75) is 39.4 Å². The van der Waals surface area contributed by atoms with Crippen LogP contribution >= 0.6 is 11.6 Å². The summed E-state index contributed by atoms with van der Waals surface area (Å²) in [6.45, 7) is 7.61. The van der Waals surface area contributed by atoms with Crippen LogP contribution in [0.4, 0.5) is 0 Å². The zero-order chi connectivity index (χ0) is 23.8. The average molecular weight is 459 g/mol. The van der Waals surface area contributed by atoms with Gasteiger partial charge in [0.25, 0.3) is 0 Å². The van der Waals surface area contributed by atoms with Gasteiger partial charge in [0.2, 0.25) is 0 Å². The lowest BCUT2D eigenvalue weighted by molar-refractivity contribution is -0.160. The zero-order valence-corrected chi connectivity index (χ0v) is 20.0. The lowest BCUT2D eigenvalue weighted by atomic mass is 9.82. The molecule has 0 aromatic heterocycles. The van der Waals surface area contributed by atoms with Crippen molar-refractivity contribution in [1.29, 1.82) is 0 Å². The van der Waals surface area contributed by atoms with E-state index in [9.17, 15) is 9.90 Å². The molecule has 1 unspecified atom stereocenters. The number of hydrogen-bond acceptors (Lipinski definition) is 2. The van der Waals surface area contributed by atoms with Gasteiger partial charge in [-0.2, -0.15) is 0 Å². The van der Waals surface area contributed by atoms with Crippen LogP contribution < -0.4 is 0 Å². The minimum atomic E-state index is -1.14. The first kappa shape index (κ1) is 23.0. The van der Waals surface area contributed by atoms with Crippen LogP contribution in [0, 0.1) is 6.92 Å². The molecule has 1 atom stereocenters. The molecule has 4 heteroatoms. The van der Waals surface area contributed by atoms with Gasteiger partial charge in [-0.05, 0) is 78.4 Å². The zero-order valence-electron chi connectivity index (χ0n) is 19.2. The lowest BCUT2D eigenvalue weighted by Gasteiger charge is -2.30. The fraction of sp³-hybridized carbons (Fsp3) is 0.207. The molecule has 33 heavy (non-hydrogen) atoms. The van der Waals surface area contributed by atoms with E-state index in [-0.39, 0.29) is 0 Å². The number of aliphatic carboxylic acids is 1. The molecule has 3 nitrogen and oxygen atoms in total. The molecule has 1 N–H and O–H groups in total. The highest BCUT2D eigenvalue weighted by Crippen LogP contribution is 2.45. The molecular formula is C29H27ClO3. The summed E-state index contributed by atoms with van der Waals surface area (Å²) in [5.41, 5.74) is 4.72. The molecule has 168 valence electrons. The van der Waals surface area contributed by atoms with Gasteiger partial charge in [0.05, 0.1) is 5.60 Å². The van der Waals surface area contributed by atoms with Crippen LogP contribution in [0.1, 0.15) is 38.0 Å². The van der Waals surface area contributed by atoms with Crippen LogP contribution in [0.15, 0.2) is 78.9 Å². The molecule has 0 aliphatic heterocycles. The number of ether oxygens (including phenoxy) is 1. The number of benzene rings is 4. The van der Waals surface area contributed by atoms with Gasteiger partial charge in [-0.25, -0.2) is 4.79 Å². The number of carbonyl (C=O) groups is 1. The van der Waals surface area contributed by atoms with Crippen LogP contribution in [-0.4, -0.2) is 16.7 Å². The van der Waals surface area contributed by atoms with Crippen LogP contribution in [-0.2, 0) is 9.53 Å². The number of carboxylic acids is 1. The summed E-state index contributed by atoms with van der Waals surface area (Å²) in [6.07, 6.45) is -1.14. The van der Waals surface area contributed by atoms with Gasteiger partial charge in [-0.1, -0.05) is 78.3 Å². The van der Waals surface area contributed by atoms with Gasteiger partial charge in [0, 0.05) is 10.6 Å². The van der Waals surface area contributed by atoms with Gasteiger partial charge in [0.1, 0.15) is 0 Å². The molecule has 4 rings (SSSR count). The van der Waals surface area contributed by atoms with E-state index in [1.165, 1.54) is 0 Å². The molecule has 0 saturated carbocycles. The number of fused-ring (bicyclic) bond motifs is 1. The first-order valence-electron chi connectivity index (χ1n) is 10.9. The Kier molecular flexibility index (Phi) is 6.29. The SMILES string of the molecule is Cc1c(C(OC(C)(C)C)C(=O)O)c(-c2ccc(Cl)cc2)c2ccccc2c1-c1ccccc1. The molecule has 0 amide bonds. The molecule has 0 bridgehead atoms. The summed E-state index contributed by atoms with van der Waals surface area (Å²) in [4.78, 5) is 12.6. The van der Waals surface area contributed by atoms with E-state index in [0.717, 1.165) is 38.6 Å². The maximum Gasteiger partial charge on any atom is 0.337 e. The van der Waals surface area contributed by atoms with E-state index >= 15 is 0 Å². The Labute approximate surface area is 199 Å².